The molecule has 2 rings (SSSR count). The maximum Gasteiger partial charge on any atom is 0.327 e. The van der Waals surface area contributed by atoms with Gasteiger partial charge in [-0.25, -0.2) is 14.8 Å². The number of rotatable bonds is 1. The average molecular weight is 206 g/mol. The third-order valence-electron chi connectivity index (χ3n) is 2.06. The number of hydrogen-bond donors (Lipinski definition) is 2. The lowest BCUT2D eigenvalue weighted by atomic mass is 10.1. The summed E-state index contributed by atoms with van der Waals surface area (Å²) < 4.78 is 0. The van der Waals surface area contributed by atoms with Crippen LogP contribution in [0.3, 0.4) is 0 Å². The molecule has 0 unspecified atom stereocenters. The van der Waals surface area contributed by atoms with Gasteiger partial charge in [0.05, 0.1) is 11.9 Å². The summed E-state index contributed by atoms with van der Waals surface area (Å²) >= 11 is 0. The molecule has 0 atom stereocenters. The van der Waals surface area contributed by atoms with Gasteiger partial charge in [0.1, 0.15) is 0 Å². The molecule has 0 saturated heterocycles. The van der Waals surface area contributed by atoms with E-state index >= 15 is 0 Å². The molecule has 0 saturated carbocycles. The van der Waals surface area contributed by atoms with Crippen LogP contribution in [0.1, 0.15) is 25.5 Å². The summed E-state index contributed by atoms with van der Waals surface area (Å²) in [4.78, 5) is 35.0. The molecule has 6 nitrogen and oxygen atoms in total. The van der Waals surface area contributed by atoms with E-state index in [9.17, 15) is 9.59 Å². The molecule has 0 aromatic carbocycles. The molecule has 2 aromatic heterocycles. The van der Waals surface area contributed by atoms with E-state index in [2.05, 4.69) is 19.9 Å². The van der Waals surface area contributed by atoms with Crippen molar-refractivity contribution >= 4 is 11.2 Å². The highest BCUT2D eigenvalue weighted by Crippen LogP contribution is 2.10. The minimum atomic E-state index is -0.570. The van der Waals surface area contributed by atoms with Crippen LogP contribution in [0, 0.1) is 0 Å². The second-order valence-electron chi connectivity index (χ2n) is 3.56. The SMILES string of the molecule is CC(C)c1cnc2[nH]c(=O)[nH]c(=O)c2n1. The molecule has 0 aliphatic carbocycles. The lowest BCUT2D eigenvalue weighted by Gasteiger charge is -2.03. The van der Waals surface area contributed by atoms with Crippen molar-refractivity contribution in [3.63, 3.8) is 0 Å². The fourth-order valence-electron chi connectivity index (χ4n) is 1.23. The molecule has 78 valence electrons. The second-order valence-corrected chi connectivity index (χ2v) is 3.56. The number of H-pyrrole nitrogens is 2. The zero-order valence-electron chi connectivity index (χ0n) is 8.37. The number of nitrogens with zero attached hydrogens (tertiary/aromatic N) is 2. The Morgan fingerprint density at radius 3 is 2.67 bits per heavy atom. The zero-order chi connectivity index (χ0) is 11.0. The summed E-state index contributed by atoms with van der Waals surface area (Å²) in [5.74, 6) is 0.188. The van der Waals surface area contributed by atoms with E-state index in [0.29, 0.717) is 0 Å². The third-order valence-corrected chi connectivity index (χ3v) is 2.06. The van der Waals surface area contributed by atoms with Crippen molar-refractivity contribution in [2.75, 3.05) is 0 Å². The van der Waals surface area contributed by atoms with Gasteiger partial charge in [-0.15, -0.1) is 0 Å². The highest BCUT2D eigenvalue weighted by Gasteiger charge is 2.07. The Morgan fingerprint density at radius 1 is 1.27 bits per heavy atom. The monoisotopic (exact) mass is 206 g/mol. The normalized spacial score (nSPS) is 11.1. The van der Waals surface area contributed by atoms with Gasteiger partial charge >= 0.3 is 5.69 Å². The topological polar surface area (TPSA) is 91.5 Å². The van der Waals surface area contributed by atoms with Gasteiger partial charge in [-0.2, -0.15) is 0 Å². The molecule has 6 heteroatoms. The average Bonchev–Trinajstić information content (AvgIpc) is 2.16. The van der Waals surface area contributed by atoms with E-state index in [-0.39, 0.29) is 17.1 Å². The van der Waals surface area contributed by atoms with Crippen LogP contribution in [0.5, 0.6) is 0 Å². The predicted molar refractivity (Wildman–Crippen MR) is 54.9 cm³/mol. The van der Waals surface area contributed by atoms with Crippen LogP contribution < -0.4 is 11.2 Å². The van der Waals surface area contributed by atoms with Gasteiger partial charge in [-0.3, -0.25) is 14.8 Å². The molecule has 2 aromatic rings. The van der Waals surface area contributed by atoms with Gasteiger partial charge in [0, 0.05) is 0 Å². The van der Waals surface area contributed by atoms with Crippen LogP contribution in [-0.4, -0.2) is 19.9 Å². The highest BCUT2D eigenvalue weighted by molar-refractivity contribution is 5.67. The van der Waals surface area contributed by atoms with Crippen molar-refractivity contribution in [2.24, 2.45) is 0 Å². The molecule has 0 radical (unpaired) electrons. The maximum absolute atomic E-state index is 11.4. The molecule has 0 spiro atoms. The van der Waals surface area contributed by atoms with Crippen molar-refractivity contribution in [3.05, 3.63) is 32.7 Å². The largest absolute Gasteiger partial charge is 0.327 e. The first-order chi connectivity index (χ1) is 7.08. The first kappa shape index (κ1) is 9.57. The van der Waals surface area contributed by atoms with Gasteiger partial charge in [-0.1, -0.05) is 13.8 Å². The Bertz CT molecular complexity index is 611. The Kier molecular flexibility index (Phi) is 2.11. The lowest BCUT2D eigenvalue weighted by molar-refractivity contribution is 0.818. The molecular formula is C9H10N4O2. The van der Waals surface area contributed by atoms with Crippen LogP contribution in [0.15, 0.2) is 15.8 Å². The number of hydrogen-bond acceptors (Lipinski definition) is 4. The van der Waals surface area contributed by atoms with Gasteiger partial charge in [-0.05, 0) is 5.92 Å². The molecule has 0 fully saturated rings. The van der Waals surface area contributed by atoms with E-state index in [0.717, 1.165) is 5.69 Å². The summed E-state index contributed by atoms with van der Waals surface area (Å²) in [6.45, 7) is 3.91. The number of aromatic nitrogens is 4. The van der Waals surface area contributed by atoms with E-state index in [1.165, 1.54) is 0 Å². The molecule has 2 N–H and O–H groups in total. The van der Waals surface area contributed by atoms with Crippen molar-refractivity contribution in [1.82, 2.24) is 19.9 Å². The maximum atomic E-state index is 11.4. The minimum Gasteiger partial charge on any atom is -0.290 e. The smallest absolute Gasteiger partial charge is 0.290 e. The first-order valence-corrected chi connectivity index (χ1v) is 4.57. The molecule has 0 amide bonds. The van der Waals surface area contributed by atoms with Crippen molar-refractivity contribution in [2.45, 2.75) is 19.8 Å². The highest BCUT2D eigenvalue weighted by atomic mass is 16.2. The Hall–Kier alpha value is -1.98. The van der Waals surface area contributed by atoms with E-state index in [4.69, 9.17) is 0 Å². The fraction of sp³-hybridized carbons (Fsp3) is 0.333. The predicted octanol–water partition coefficient (Wildman–Crippen LogP) is 0.130. The molecule has 15 heavy (non-hydrogen) atoms. The van der Waals surface area contributed by atoms with Crippen LogP contribution >= 0.6 is 0 Å². The lowest BCUT2D eigenvalue weighted by Crippen LogP contribution is -2.23. The van der Waals surface area contributed by atoms with E-state index in [1.807, 2.05) is 13.8 Å². The van der Waals surface area contributed by atoms with Gasteiger partial charge in [0.2, 0.25) is 0 Å². The van der Waals surface area contributed by atoms with Gasteiger partial charge in [0.25, 0.3) is 5.56 Å². The quantitative estimate of drug-likeness (QED) is 0.693. The second kappa shape index (κ2) is 3.30. The molecule has 0 aliphatic heterocycles. The summed E-state index contributed by atoms with van der Waals surface area (Å²) in [7, 11) is 0. The van der Waals surface area contributed by atoms with Crippen LogP contribution in [0.4, 0.5) is 0 Å². The van der Waals surface area contributed by atoms with Crippen molar-refractivity contribution in [1.29, 1.82) is 0 Å². The molecule has 2 heterocycles. The summed E-state index contributed by atoms with van der Waals surface area (Å²) in [5.41, 5.74) is 0.0249. The van der Waals surface area contributed by atoms with Crippen LogP contribution in [-0.2, 0) is 0 Å². The van der Waals surface area contributed by atoms with E-state index < -0.39 is 11.2 Å². The Labute approximate surface area is 84.4 Å². The van der Waals surface area contributed by atoms with Gasteiger partial charge in [0.15, 0.2) is 11.2 Å². The standard InChI is InChI=1S/C9H10N4O2/c1-4(2)5-3-10-7-6(11-5)8(14)13-9(15)12-7/h3-4H,1-2H3,(H2,10,12,13,14,15). The summed E-state index contributed by atoms with van der Waals surface area (Å²) in [5, 5.41) is 0. The Balaban J connectivity index is 2.83. The van der Waals surface area contributed by atoms with Gasteiger partial charge < -0.3 is 0 Å². The number of aromatic amines is 2. The number of nitrogens with one attached hydrogen (secondary N) is 2. The van der Waals surface area contributed by atoms with Crippen molar-refractivity contribution < 1.29 is 0 Å². The summed E-state index contributed by atoms with van der Waals surface area (Å²) in [6, 6.07) is 0. The van der Waals surface area contributed by atoms with E-state index in [1.54, 1.807) is 6.20 Å². The molecule has 0 bridgehead atoms. The summed E-state index contributed by atoms with van der Waals surface area (Å²) in [6.07, 6.45) is 1.56. The fourth-order valence-corrected chi connectivity index (χ4v) is 1.23. The number of fused-ring (bicyclic) bond motifs is 1. The minimum absolute atomic E-state index is 0.167. The third kappa shape index (κ3) is 1.65. The van der Waals surface area contributed by atoms with Crippen molar-refractivity contribution in [3.8, 4) is 0 Å². The molecular weight excluding hydrogens is 196 g/mol. The first-order valence-electron chi connectivity index (χ1n) is 4.57. The zero-order valence-corrected chi connectivity index (χ0v) is 8.37. The van der Waals surface area contributed by atoms with Crippen LogP contribution in [0.2, 0.25) is 0 Å². The molecule has 0 aliphatic rings. The van der Waals surface area contributed by atoms with Crippen LogP contribution in [0.25, 0.3) is 11.2 Å². The Morgan fingerprint density at radius 2 is 2.00 bits per heavy atom.